The third kappa shape index (κ3) is 5.58. The molecule has 1 aliphatic carbocycles. The van der Waals surface area contributed by atoms with E-state index >= 15 is 0 Å². The molecule has 3 rings (SSSR count). The van der Waals surface area contributed by atoms with E-state index < -0.39 is 0 Å². The fourth-order valence-electron chi connectivity index (χ4n) is 4.32. The van der Waals surface area contributed by atoms with Crippen molar-refractivity contribution >= 4 is 11.6 Å². The summed E-state index contributed by atoms with van der Waals surface area (Å²) in [6.07, 6.45) is 15.9. The quantitative estimate of drug-likeness (QED) is 0.339. The predicted molar refractivity (Wildman–Crippen MR) is 113 cm³/mol. The van der Waals surface area contributed by atoms with Crippen LogP contribution >= 0.6 is 11.6 Å². The summed E-state index contributed by atoms with van der Waals surface area (Å²) in [6, 6.07) is 13.0. The number of rotatable bonds is 8. The highest BCUT2D eigenvalue weighted by Gasteiger charge is 2.22. The lowest BCUT2D eigenvalue weighted by Crippen LogP contribution is -2.13. The number of hydrogen-bond acceptors (Lipinski definition) is 1. The molecule has 2 aromatic rings. The van der Waals surface area contributed by atoms with E-state index in [2.05, 4.69) is 36.2 Å². The summed E-state index contributed by atoms with van der Waals surface area (Å²) < 4.78 is 0. The lowest BCUT2D eigenvalue weighted by molar-refractivity contribution is 0.302. The van der Waals surface area contributed by atoms with Crippen LogP contribution in [0.3, 0.4) is 0 Å². The molecule has 1 aromatic heterocycles. The highest BCUT2D eigenvalue weighted by atomic mass is 35.5. The summed E-state index contributed by atoms with van der Waals surface area (Å²) in [4.78, 5) is 4.18. The van der Waals surface area contributed by atoms with E-state index in [-0.39, 0.29) is 0 Å². The Morgan fingerprint density at radius 2 is 1.54 bits per heavy atom. The van der Waals surface area contributed by atoms with Crippen LogP contribution in [-0.4, -0.2) is 4.98 Å². The SMILES string of the molecule is CCCCCCC[C@H]1CC[C@H](c2ccc(-c3ccc(Cl)nc3)cc2)CC1. The first-order valence-electron chi connectivity index (χ1n) is 10.5. The zero-order chi connectivity index (χ0) is 18.2. The number of aromatic nitrogens is 1. The third-order valence-electron chi connectivity index (χ3n) is 6.01. The highest BCUT2D eigenvalue weighted by Crippen LogP contribution is 2.38. The van der Waals surface area contributed by atoms with Crippen molar-refractivity contribution in [2.24, 2.45) is 5.92 Å². The third-order valence-corrected chi connectivity index (χ3v) is 6.23. The molecular formula is C24H32ClN. The molecule has 0 amide bonds. The van der Waals surface area contributed by atoms with Gasteiger partial charge in [0.2, 0.25) is 0 Å². The second kappa shape index (κ2) is 10.1. The van der Waals surface area contributed by atoms with Crippen molar-refractivity contribution in [3.8, 4) is 11.1 Å². The van der Waals surface area contributed by atoms with E-state index in [1.165, 1.54) is 75.3 Å². The topological polar surface area (TPSA) is 12.9 Å². The van der Waals surface area contributed by atoms with Gasteiger partial charge in [0.05, 0.1) is 0 Å². The van der Waals surface area contributed by atoms with Crippen molar-refractivity contribution in [1.82, 2.24) is 4.98 Å². The first kappa shape index (κ1) is 19.4. The zero-order valence-corrected chi connectivity index (χ0v) is 16.8. The van der Waals surface area contributed by atoms with Gasteiger partial charge in [-0.2, -0.15) is 0 Å². The Hall–Kier alpha value is -1.34. The minimum absolute atomic E-state index is 0.549. The first-order chi connectivity index (χ1) is 12.8. The first-order valence-corrected chi connectivity index (χ1v) is 10.9. The number of pyridine rings is 1. The van der Waals surface area contributed by atoms with Gasteiger partial charge in [-0.3, -0.25) is 0 Å². The fraction of sp³-hybridized carbons (Fsp3) is 0.542. The van der Waals surface area contributed by atoms with E-state index in [4.69, 9.17) is 11.6 Å². The summed E-state index contributed by atoms with van der Waals surface area (Å²) in [5.74, 6) is 1.73. The van der Waals surface area contributed by atoms with Crippen LogP contribution in [0.1, 0.15) is 82.6 Å². The van der Waals surface area contributed by atoms with Gasteiger partial charge < -0.3 is 0 Å². The Morgan fingerprint density at radius 1 is 0.846 bits per heavy atom. The molecule has 140 valence electrons. The number of unbranched alkanes of at least 4 members (excludes halogenated alkanes) is 4. The fourth-order valence-corrected chi connectivity index (χ4v) is 4.43. The van der Waals surface area contributed by atoms with Crippen LogP contribution in [0.5, 0.6) is 0 Å². The van der Waals surface area contributed by atoms with Gasteiger partial charge in [-0.25, -0.2) is 4.98 Å². The van der Waals surface area contributed by atoms with Crippen LogP contribution in [0, 0.1) is 5.92 Å². The molecule has 2 heteroatoms. The van der Waals surface area contributed by atoms with Gasteiger partial charge >= 0.3 is 0 Å². The lowest BCUT2D eigenvalue weighted by Gasteiger charge is -2.29. The Kier molecular flexibility index (Phi) is 7.55. The summed E-state index contributed by atoms with van der Waals surface area (Å²) in [7, 11) is 0. The summed E-state index contributed by atoms with van der Waals surface area (Å²) >= 11 is 5.88. The van der Waals surface area contributed by atoms with E-state index in [1.54, 1.807) is 0 Å². The van der Waals surface area contributed by atoms with Crippen LogP contribution in [0.25, 0.3) is 11.1 Å². The molecule has 1 heterocycles. The Morgan fingerprint density at radius 3 is 2.19 bits per heavy atom. The van der Waals surface area contributed by atoms with Crippen LogP contribution in [0.2, 0.25) is 5.15 Å². The second-order valence-corrected chi connectivity index (χ2v) is 8.30. The van der Waals surface area contributed by atoms with E-state index in [0.717, 1.165) is 17.4 Å². The number of halogens is 1. The molecule has 0 spiro atoms. The molecule has 1 aliphatic rings. The molecule has 1 saturated carbocycles. The standard InChI is InChI=1S/C24H32ClN/c1-2-3-4-5-6-7-19-8-10-20(11-9-19)21-12-14-22(15-13-21)23-16-17-24(25)26-18-23/h12-20H,2-11H2,1H3/t19-,20-. The van der Waals surface area contributed by atoms with Crippen molar-refractivity contribution in [2.45, 2.75) is 77.0 Å². The Bertz CT molecular complexity index is 639. The average molecular weight is 370 g/mol. The number of hydrogen-bond donors (Lipinski definition) is 0. The maximum Gasteiger partial charge on any atom is 0.129 e. The van der Waals surface area contributed by atoms with Crippen LogP contribution in [-0.2, 0) is 0 Å². The maximum atomic E-state index is 5.88. The summed E-state index contributed by atoms with van der Waals surface area (Å²) in [5.41, 5.74) is 3.86. The molecule has 1 fully saturated rings. The predicted octanol–water partition coefficient (Wildman–Crippen LogP) is 8.04. The van der Waals surface area contributed by atoms with Crippen LogP contribution < -0.4 is 0 Å². The van der Waals surface area contributed by atoms with Gasteiger partial charge in [-0.1, -0.05) is 81.3 Å². The molecule has 0 saturated heterocycles. The summed E-state index contributed by atoms with van der Waals surface area (Å²) in [5, 5.41) is 0.549. The number of benzene rings is 1. The molecule has 0 N–H and O–H groups in total. The molecule has 1 nitrogen and oxygen atoms in total. The molecule has 0 aliphatic heterocycles. The second-order valence-electron chi connectivity index (χ2n) is 7.91. The monoisotopic (exact) mass is 369 g/mol. The largest absolute Gasteiger partial charge is 0.244 e. The van der Waals surface area contributed by atoms with Crippen molar-refractivity contribution in [3.63, 3.8) is 0 Å². The van der Waals surface area contributed by atoms with E-state index in [9.17, 15) is 0 Å². The Balaban J connectivity index is 1.46. The highest BCUT2D eigenvalue weighted by molar-refractivity contribution is 6.29. The summed E-state index contributed by atoms with van der Waals surface area (Å²) in [6.45, 7) is 2.29. The Labute approximate surface area is 164 Å². The normalized spacial score (nSPS) is 20.2. The van der Waals surface area contributed by atoms with Crippen LogP contribution in [0.15, 0.2) is 42.6 Å². The molecule has 0 atom stereocenters. The van der Waals surface area contributed by atoms with Gasteiger partial charge in [-0.05, 0) is 60.8 Å². The minimum Gasteiger partial charge on any atom is -0.244 e. The van der Waals surface area contributed by atoms with Gasteiger partial charge in [0, 0.05) is 11.8 Å². The van der Waals surface area contributed by atoms with Crippen molar-refractivity contribution in [2.75, 3.05) is 0 Å². The average Bonchev–Trinajstić information content (AvgIpc) is 2.69. The van der Waals surface area contributed by atoms with Gasteiger partial charge in [0.25, 0.3) is 0 Å². The molecule has 1 aromatic carbocycles. The molecule has 0 radical (unpaired) electrons. The molecular weight excluding hydrogens is 338 g/mol. The van der Waals surface area contributed by atoms with Gasteiger partial charge in [0.1, 0.15) is 5.15 Å². The molecule has 26 heavy (non-hydrogen) atoms. The van der Waals surface area contributed by atoms with Crippen molar-refractivity contribution < 1.29 is 0 Å². The van der Waals surface area contributed by atoms with E-state index in [1.807, 2.05) is 18.3 Å². The number of nitrogens with zero attached hydrogens (tertiary/aromatic N) is 1. The van der Waals surface area contributed by atoms with Crippen LogP contribution in [0.4, 0.5) is 0 Å². The molecule has 0 unspecified atom stereocenters. The molecule has 0 bridgehead atoms. The van der Waals surface area contributed by atoms with Crippen molar-refractivity contribution in [1.29, 1.82) is 0 Å². The van der Waals surface area contributed by atoms with E-state index in [0.29, 0.717) is 5.15 Å². The zero-order valence-electron chi connectivity index (χ0n) is 16.1. The van der Waals surface area contributed by atoms with Gasteiger partial charge in [0.15, 0.2) is 0 Å². The minimum atomic E-state index is 0.549. The van der Waals surface area contributed by atoms with Crippen molar-refractivity contribution in [3.05, 3.63) is 53.3 Å². The smallest absolute Gasteiger partial charge is 0.129 e. The maximum absolute atomic E-state index is 5.88. The lowest BCUT2D eigenvalue weighted by atomic mass is 9.77. The van der Waals surface area contributed by atoms with Gasteiger partial charge in [-0.15, -0.1) is 0 Å².